The Bertz CT molecular complexity index is 586. The SMILES string of the molecule is COc1nc2ccccc2nc1N(C)C1CCNC1.Cl. The summed E-state index contributed by atoms with van der Waals surface area (Å²) in [5, 5.41) is 3.37. The van der Waals surface area contributed by atoms with E-state index in [1.807, 2.05) is 24.3 Å². The van der Waals surface area contributed by atoms with Crippen LogP contribution in [-0.2, 0) is 0 Å². The van der Waals surface area contributed by atoms with Gasteiger partial charge in [-0.25, -0.2) is 9.97 Å². The summed E-state index contributed by atoms with van der Waals surface area (Å²) in [6, 6.07) is 8.31. The van der Waals surface area contributed by atoms with E-state index in [2.05, 4.69) is 22.2 Å². The molecule has 1 aromatic heterocycles. The lowest BCUT2D eigenvalue weighted by Crippen LogP contribution is -2.34. The molecule has 2 aromatic rings. The number of hydrogen-bond donors (Lipinski definition) is 1. The molecule has 0 bridgehead atoms. The molecule has 0 amide bonds. The molecular formula is C14H19ClN4O. The lowest BCUT2D eigenvalue weighted by Gasteiger charge is -2.25. The molecule has 108 valence electrons. The standard InChI is InChI=1S/C14H18N4O.ClH/c1-18(10-7-8-15-9-10)13-14(19-2)17-12-6-4-3-5-11(12)16-13;/h3-6,10,15H,7-9H2,1-2H3;1H. The van der Waals surface area contributed by atoms with E-state index >= 15 is 0 Å². The zero-order valence-electron chi connectivity index (χ0n) is 11.7. The van der Waals surface area contributed by atoms with Gasteiger partial charge in [-0.1, -0.05) is 12.1 Å². The Labute approximate surface area is 124 Å². The number of rotatable bonds is 3. The van der Waals surface area contributed by atoms with Crippen molar-refractivity contribution in [2.75, 3.05) is 32.1 Å². The molecule has 1 aliphatic rings. The molecule has 1 fully saturated rings. The molecule has 0 radical (unpaired) electrons. The quantitative estimate of drug-likeness (QED) is 0.936. The second kappa shape index (κ2) is 6.24. The Hall–Kier alpha value is -1.59. The number of halogens is 1. The number of methoxy groups -OCH3 is 1. The monoisotopic (exact) mass is 294 g/mol. The molecule has 2 heterocycles. The van der Waals surface area contributed by atoms with Crippen LogP contribution in [0, 0.1) is 0 Å². The topological polar surface area (TPSA) is 50.3 Å². The highest BCUT2D eigenvalue weighted by Gasteiger charge is 2.23. The molecule has 1 aromatic carbocycles. The minimum Gasteiger partial charge on any atom is -0.478 e. The van der Waals surface area contributed by atoms with E-state index in [9.17, 15) is 0 Å². The van der Waals surface area contributed by atoms with Gasteiger partial charge in [-0.15, -0.1) is 12.4 Å². The third kappa shape index (κ3) is 2.64. The van der Waals surface area contributed by atoms with Gasteiger partial charge in [-0.05, 0) is 25.1 Å². The normalized spacial score (nSPS) is 17.8. The summed E-state index contributed by atoms with van der Waals surface area (Å²) in [7, 11) is 3.70. The van der Waals surface area contributed by atoms with E-state index in [0.717, 1.165) is 36.4 Å². The average molecular weight is 295 g/mol. The van der Waals surface area contributed by atoms with Gasteiger partial charge < -0.3 is 15.0 Å². The third-order valence-corrected chi connectivity index (χ3v) is 3.63. The zero-order valence-corrected chi connectivity index (χ0v) is 12.5. The van der Waals surface area contributed by atoms with Gasteiger partial charge in [0.1, 0.15) is 0 Å². The van der Waals surface area contributed by atoms with E-state index in [4.69, 9.17) is 9.72 Å². The summed E-state index contributed by atoms with van der Waals surface area (Å²) in [5.74, 6) is 1.41. The Morgan fingerprint density at radius 1 is 1.25 bits per heavy atom. The van der Waals surface area contributed by atoms with Gasteiger partial charge in [-0.3, -0.25) is 0 Å². The van der Waals surface area contributed by atoms with Crippen LogP contribution in [0.2, 0.25) is 0 Å². The first-order valence-electron chi connectivity index (χ1n) is 6.54. The third-order valence-electron chi connectivity index (χ3n) is 3.63. The highest BCUT2D eigenvalue weighted by atomic mass is 35.5. The Morgan fingerprint density at radius 2 is 1.95 bits per heavy atom. The van der Waals surface area contributed by atoms with E-state index < -0.39 is 0 Å². The second-order valence-electron chi connectivity index (χ2n) is 4.80. The smallest absolute Gasteiger partial charge is 0.257 e. The maximum Gasteiger partial charge on any atom is 0.257 e. The molecule has 1 unspecified atom stereocenters. The number of likely N-dealkylation sites (N-methyl/N-ethyl adjacent to an activating group) is 1. The fraction of sp³-hybridized carbons (Fsp3) is 0.429. The number of benzene rings is 1. The fourth-order valence-corrected chi connectivity index (χ4v) is 2.48. The Balaban J connectivity index is 0.00000147. The first kappa shape index (κ1) is 14.8. The van der Waals surface area contributed by atoms with Crippen LogP contribution in [0.4, 0.5) is 5.82 Å². The molecule has 5 nitrogen and oxygen atoms in total. The number of hydrogen-bond acceptors (Lipinski definition) is 5. The number of anilines is 1. The largest absolute Gasteiger partial charge is 0.478 e. The van der Waals surface area contributed by atoms with Crippen molar-refractivity contribution in [1.82, 2.24) is 15.3 Å². The maximum atomic E-state index is 5.40. The molecule has 1 N–H and O–H groups in total. The molecule has 3 rings (SSSR count). The van der Waals surface area contributed by atoms with Crippen LogP contribution >= 0.6 is 12.4 Å². The van der Waals surface area contributed by atoms with Crippen LogP contribution in [0.25, 0.3) is 11.0 Å². The molecule has 0 aliphatic carbocycles. The van der Waals surface area contributed by atoms with E-state index in [-0.39, 0.29) is 12.4 Å². The van der Waals surface area contributed by atoms with Crippen LogP contribution in [0.5, 0.6) is 5.88 Å². The van der Waals surface area contributed by atoms with Gasteiger partial charge in [0.15, 0.2) is 5.82 Å². The summed E-state index contributed by atoms with van der Waals surface area (Å²) in [6.45, 7) is 2.03. The number of nitrogens with one attached hydrogen (secondary N) is 1. The summed E-state index contributed by atoms with van der Waals surface area (Å²) < 4.78 is 5.40. The Kier molecular flexibility index (Phi) is 4.62. The van der Waals surface area contributed by atoms with Crippen molar-refractivity contribution in [3.8, 4) is 5.88 Å². The molecule has 1 aliphatic heterocycles. The Morgan fingerprint density at radius 3 is 2.55 bits per heavy atom. The first-order chi connectivity index (χ1) is 9.29. The van der Waals surface area contributed by atoms with Crippen molar-refractivity contribution in [2.45, 2.75) is 12.5 Å². The number of para-hydroxylation sites is 2. The van der Waals surface area contributed by atoms with Gasteiger partial charge in [-0.2, -0.15) is 0 Å². The van der Waals surface area contributed by atoms with Crippen molar-refractivity contribution >= 4 is 29.3 Å². The molecule has 20 heavy (non-hydrogen) atoms. The molecule has 1 atom stereocenters. The summed E-state index contributed by atoms with van der Waals surface area (Å²) >= 11 is 0. The first-order valence-corrected chi connectivity index (χ1v) is 6.54. The van der Waals surface area contributed by atoms with Crippen molar-refractivity contribution in [2.24, 2.45) is 0 Å². The maximum absolute atomic E-state index is 5.40. The summed E-state index contributed by atoms with van der Waals surface area (Å²) in [6.07, 6.45) is 1.12. The predicted octanol–water partition coefficient (Wildman–Crippen LogP) is 1.86. The molecule has 6 heteroatoms. The van der Waals surface area contributed by atoms with Crippen LogP contribution in [0.15, 0.2) is 24.3 Å². The van der Waals surface area contributed by atoms with Crippen molar-refractivity contribution in [3.05, 3.63) is 24.3 Å². The van der Waals surface area contributed by atoms with Gasteiger partial charge in [0.2, 0.25) is 0 Å². The zero-order chi connectivity index (χ0) is 13.2. The minimum absolute atomic E-state index is 0. The molecule has 0 spiro atoms. The van der Waals surface area contributed by atoms with E-state index in [0.29, 0.717) is 11.9 Å². The van der Waals surface area contributed by atoms with Crippen molar-refractivity contribution < 1.29 is 4.74 Å². The van der Waals surface area contributed by atoms with Gasteiger partial charge in [0.05, 0.1) is 18.1 Å². The number of fused-ring (bicyclic) bond motifs is 1. The van der Waals surface area contributed by atoms with E-state index in [1.54, 1.807) is 7.11 Å². The van der Waals surface area contributed by atoms with Crippen LogP contribution < -0.4 is 15.0 Å². The minimum atomic E-state index is 0. The number of ether oxygens (including phenoxy) is 1. The van der Waals surface area contributed by atoms with Crippen molar-refractivity contribution in [3.63, 3.8) is 0 Å². The van der Waals surface area contributed by atoms with E-state index in [1.165, 1.54) is 0 Å². The van der Waals surface area contributed by atoms with Gasteiger partial charge in [0, 0.05) is 19.6 Å². The molecule has 0 saturated carbocycles. The number of nitrogens with zero attached hydrogens (tertiary/aromatic N) is 3. The molecular weight excluding hydrogens is 276 g/mol. The van der Waals surface area contributed by atoms with Crippen LogP contribution in [-0.4, -0.2) is 43.3 Å². The van der Waals surface area contributed by atoms with Gasteiger partial charge in [0.25, 0.3) is 5.88 Å². The van der Waals surface area contributed by atoms with Crippen LogP contribution in [0.1, 0.15) is 6.42 Å². The summed E-state index contributed by atoms with van der Waals surface area (Å²) in [5.41, 5.74) is 1.76. The van der Waals surface area contributed by atoms with Crippen LogP contribution in [0.3, 0.4) is 0 Å². The fourth-order valence-electron chi connectivity index (χ4n) is 2.48. The molecule has 1 saturated heterocycles. The lowest BCUT2D eigenvalue weighted by molar-refractivity contribution is 0.396. The second-order valence-corrected chi connectivity index (χ2v) is 4.80. The highest BCUT2D eigenvalue weighted by molar-refractivity contribution is 5.85. The van der Waals surface area contributed by atoms with Crippen molar-refractivity contribution in [1.29, 1.82) is 0 Å². The average Bonchev–Trinajstić information content (AvgIpc) is 2.99. The lowest BCUT2D eigenvalue weighted by atomic mass is 10.2. The predicted molar refractivity (Wildman–Crippen MR) is 83.0 cm³/mol. The highest BCUT2D eigenvalue weighted by Crippen LogP contribution is 2.28. The summed E-state index contributed by atoms with van der Waals surface area (Å²) in [4.78, 5) is 11.4. The van der Waals surface area contributed by atoms with Gasteiger partial charge >= 0.3 is 0 Å². The number of aromatic nitrogens is 2.